The lowest BCUT2D eigenvalue weighted by Crippen LogP contribution is -2.11. The molecule has 0 bridgehead atoms. The summed E-state index contributed by atoms with van der Waals surface area (Å²) in [6, 6.07) is 3.65. The highest BCUT2D eigenvalue weighted by molar-refractivity contribution is 7.93. The van der Waals surface area contributed by atoms with E-state index in [4.69, 9.17) is 0 Å². The number of carbonyl (C=O) groups is 1. The van der Waals surface area contributed by atoms with E-state index in [-0.39, 0.29) is 12.4 Å². The summed E-state index contributed by atoms with van der Waals surface area (Å²) in [6.45, 7) is 0. The minimum atomic E-state index is -1.06. The molecular weight excluding hydrogens is 208 g/mol. The van der Waals surface area contributed by atoms with E-state index in [1.807, 2.05) is 11.4 Å². The minimum absolute atomic E-state index is 0.209. The fraction of sp³-hybridized carbons (Fsp3) is 0.375. The third-order valence-corrected chi connectivity index (χ3v) is 4.11. The number of hydrogen-bond donors (Lipinski definition) is 0. The van der Waals surface area contributed by atoms with Gasteiger partial charge in [0.2, 0.25) is 4.21 Å². The summed E-state index contributed by atoms with van der Waals surface area (Å²) in [6.07, 6.45) is 0.209. The van der Waals surface area contributed by atoms with Gasteiger partial charge in [-0.2, -0.15) is 0 Å². The minimum Gasteiger partial charge on any atom is -0.611 e. The Morgan fingerprint density at radius 2 is 2.54 bits per heavy atom. The molecule has 0 aromatic carbocycles. The Morgan fingerprint density at radius 1 is 1.77 bits per heavy atom. The number of esters is 1. The number of methoxy groups -OCH3 is 1. The first-order valence-electron chi connectivity index (χ1n) is 3.72. The SMILES string of the molecule is COC(=O)CC[S+]([O-])c1cccs1. The van der Waals surface area contributed by atoms with Crippen molar-refractivity contribution in [2.45, 2.75) is 10.6 Å². The molecule has 0 N–H and O–H groups in total. The van der Waals surface area contributed by atoms with Crippen LogP contribution >= 0.6 is 11.3 Å². The maximum Gasteiger partial charge on any atom is 0.310 e. The first-order chi connectivity index (χ1) is 6.24. The van der Waals surface area contributed by atoms with Crippen molar-refractivity contribution in [1.29, 1.82) is 0 Å². The van der Waals surface area contributed by atoms with Gasteiger partial charge in [-0.1, -0.05) is 11.3 Å². The number of ether oxygens (including phenoxy) is 1. The Bertz CT molecular complexity index is 258. The molecule has 0 radical (unpaired) electrons. The molecular formula is C8H10O3S2. The van der Waals surface area contributed by atoms with Crippen LogP contribution in [-0.4, -0.2) is 23.4 Å². The zero-order valence-corrected chi connectivity index (χ0v) is 8.82. The van der Waals surface area contributed by atoms with E-state index in [1.54, 1.807) is 6.07 Å². The lowest BCUT2D eigenvalue weighted by Gasteiger charge is -2.06. The predicted molar refractivity (Wildman–Crippen MR) is 52.2 cm³/mol. The summed E-state index contributed by atoms with van der Waals surface area (Å²) in [5.74, 6) is 0.0256. The van der Waals surface area contributed by atoms with Crippen molar-refractivity contribution >= 4 is 28.5 Å². The number of hydrogen-bond acceptors (Lipinski definition) is 4. The van der Waals surface area contributed by atoms with Gasteiger partial charge in [0.25, 0.3) is 0 Å². The molecule has 1 rings (SSSR count). The van der Waals surface area contributed by atoms with Crippen LogP contribution in [-0.2, 0) is 20.7 Å². The highest BCUT2D eigenvalue weighted by Gasteiger charge is 2.13. The van der Waals surface area contributed by atoms with Gasteiger partial charge in [0.1, 0.15) is 5.75 Å². The number of thiophene rings is 1. The van der Waals surface area contributed by atoms with Crippen LogP contribution in [0.15, 0.2) is 21.7 Å². The molecule has 0 aliphatic carbocycles. The van der Waals surface area contributed by atoms with Gasteiger partial charge in [0, 0.05) is 6.07 Å². The molecule has 1 atom stereocenters. The van der Waals surface area contributed by atoms with Gasteiger partial charge in [-0.05, 0) is 22.6 Å². The van der Waals surface area contributed by atoms with E-state index in [0.29, 0.717) is 5.75 Å². The Labute approximate surface area is 83.9 Å². The standard InChI is InChI=1S/C8H10O3S2/c1-11-7(9)4-6-13(10)8-3-2-5-12-8/h2-3,5H,4,6H2,1H3. The van der Waals surface area contributed by atoms with E-state index in [0.717, 1.165) is 4.21 Å². The van der Waals surface area contributed by atoms with Crippen molar-refractivity contribution in [1.82, 2.24) is 0 Å². The Hall–Kier alpha value is -0.520. The molecule has 72 valence electrons. The monoisotopic (exact) mass is 218 g/mol. The maximum absolute atomic E-state index is 11.4. The summed E-state index contributed by atoms with van der Waals surface area (Å²) >= 11 is 0.381. The van der Waals surface area contributed by atoms with Crippen molar-refractivity contribution in [2.24, 2.45) is 0 Å². The first-order valence-corrected chi connectivity index (χ1v) is 5.92. The average molecular weight is 218 g/mol. The van der Waals surface area contributed by atoms with Crippen molar-refractivity contribution < 1.29 is 14.1 Å². The third kappa shape index (κ3) is 3.38. The van der Waals surface area contributed by atoms with Gasteiger partial charge in [-0.15, -0.1) is 0 Å². The number of rotatable bonds is 4. The molecule has 0 aliphatic heterocycles. The number of carbonyl (C=O) groups excluding carboxylic acids is 1. The second-order valence-electron chi connectivity index (χ2n) is 2.31. The molecule has 13 heavy (non-hydrogen) atoms. The highest BCUT2D eigenvalue weighted by Crippen LogP contribution is 2.17. The van der Waals surface area contributed by atoms with E-state index in [1.165, 1.54) is 18.4 Å². The van der Waals surface area contributed by atoms with Crippen LogP contribution in [0.4, 0.5) is 0 Å². The zero-order chi connectivity index (χ0) is 9.68. The lowest BCUT2D eigenvalue weighted by molar-refractivity contribution is -0.140. The quantitative estimate of drug-likeness (QED) is 0.567. The third-order valence-electron chi connectivity index (χ3n) is 1.44. The summed E-state index contributed by atoms with van der Waals surface area (Å²) in [7, 11) is 1.33. The van der Waals surface area contributed by atoms with E-state index < -0.39 is 11.2 Å². The highest BCUT2D eigenvalue weighted by atomic mass is 32.2. The smallest absolute Gasteiger partial charge is 0.310 e. The van der Waals surface area contributed by atoms with Gasteiger partial charge in [-0.3, -0.25) is 4.79 Å². The van der Waals surface area contributed by atoms with Crippen LogP contribution in [0.1, 0.15) is 6.42 Å². The maximum atomic E-state index is 11.4. The van der Waals surface area contributed by atoms with Crippen molar-refractivity contribution in [2.75, 3.05) is 12.9 Å². The largest absolute Gasteiger partial charge is 0.611 e. The predicted octanol–water partition coefficient (Wildman–Crippen LogP) is 1.42. The summed E-state index contributed by atoms with van der Waals surface area (Å²) < 4.78 is 16.7. The van der Waals surface area contributed by atoms with E-state index >= 15 is 0 Å². The van der Waals surface area contributed by atoms with Gasteiger partial charge >= 0.3 is 5.97 Å². The lowest BCUT2D eigenvalue weighted by atomic mass is 10.5. The summed E-state index contributed by atoms with van der Waals surface area (Å²) in [5, 5.41) is 1.87. The molecule has 0 aliphatic rings. The average Bonchev–Trinajstić information content (AvgIpc) is 2.66. The van der Waals surface area contributed by atoms with Crippen molar-refractivity contribution in [3.8, 4) is 0 Å². The molecule has 5 heteroatoms. The van der Waals surface area contributed by atoms with Crippen LogP contribution in [0.5, 0.6) is 0 Å². The Morgan fingerprint density at radius 3 is 3.08 bits per heavy atom. The molecule has 1 aromatic rings. The molecule has 1 aromatic heterocycles. The Kier molecular flexibility index (Phi) is 4.27. The van der Waals surface area contributed by atoms with E-state index in [9.17, 15) is 9.35 Å². The van der Waals surface area contributed by atoms with Gasteiger partial charge in [0.15, 0.2) is 0 Å². The van der Waals surface area contributed by atoms with Gasteiger partial charge < -0.3 is 9.29 Å². The molecule has 0 saturated carbocycles. The molecule has 3 nitrogen and oxygen atoms in total. The topological polar surface area (TPSA) is 49.4 Å². The van der Waals surface area contributed by atoms with Gasteiger partial charge in [0.05, 0.1) is 13.5 Å². The molecule has 0 fully saturated rings. The molecule has 0 saturated heterocycles. The summed E-state index contributed by atoms with van der Waals surface area (Å²) in [5.41, 5.74) is 0. The second-order valence-corrected chi connectivity index (χ2v) is 5.05. The molecule has 0 spiro atoms. The van der Waals surface area contributed by atoms with Crippen LogP contribution in [0.2, 0.25) is 0 Å². The van der Waals surface area contributed by atoms with Crippen molar-refractivity contribution in [3.05, 3.63) is 17.5 Å². The summed E-state index contributed by atoms with van der Waals surface area (Å²) in [4.78, 5) is 10.7. The normalized spacial score (nSPS) is 12.5. The van der Waals surface area contributed by atoms with Crippen LogP contribution in [0, 0.1) is 0 Å². The first kappa shape index (κ1) is 10.6. The molecule has 0 amide bonds. The zero-order valence-electron chi connectivity index (χ0n) is 7.19. The second kappa shape index (κ2) is 5.26. The van der Waals surface area contributed by atoms with Crippen molar-refractivity contribution in [3.63, 3.8) is 0 Å². The van der Waals surface area contributed by atoms with Gasteiger partial charge in [-0.25, -0.2) is 0 Å². The van der Waals surface area contributed by atoms with Crippen LogP contribution < -0.4 is 0 Å². The molecule has 1 unspecified atom stereocenters. The van der Waals surface area contributed by atoms with Crippen LogP contribution in [0.3, 0.4) is 0 Å². The molecule has 1 heterocycles. The van der Waals surface area contributed by atoms with Crippen LogP contribution in [0.25, 0.3) is 0 Å². The fourth-order valence-electron chi connectivity index (χ4n) is 0.772. The Balaban J connectivity index is 2.34. The van der Waals surface area contributed by atoms with E-state index in [2.05, 4.69) is 4.74 Å². The fourth-order valence-corrected chi connectivity index (χ4v) is 2.85.